The fourth-order valence-corrected chi connectivity index (χ4v) is 2.88. The van der Waals surface area contributed by atoms with Crippen LogP contribution < -0.4 is 14.2 Å². The fourth-order valence-electron chi connectivity index (χ4n) is 2.88. The average molecular weight is 383 g/mol. The highest BCUT2D eigenvalue weighted by molar-refractivity contribution is 5.53. The van der Waals surface area contributed by atoms with Crippen molar-refractivity contribution in [3.05, 3.63) is 53.9 Å². The Hall–Kier alpha value is -3.06. The van der Waals surface area contributed by atoms with Crippen LogP contribution in [0.1, 0.15) is 18.4 Å². The van der Waals surface area contributed by atoms with Crippen LogP contribution in [0.5, 0.6) is 17.2 Å². The Morgan fingerprint density at radius 2 is 1.61 bits per heavy atom. The van der Waals surface area contributed by atoms with Crippen LogP contribution in [0.25, 0.3) is 11.5 Å². The second-order valence-electron chi connectivity index (χ2n) is 6.22. The lowest BCUT2D eigenvalue weighted by Crippen LogP contribution is -2.22. The van der Waals surface area contributed by atoms with Gasteiger partial charge in [0.2, 0.25) is 11.8 Å². The van der Waals surface area contributed by atoms with E-state index in [4.69, 9.17) is 18.6 Å². The molecule has 0 saturated carbocycles. The summed E-state index contributed by atoms with van der Waals surface area (Å²) in [5.74, 6) is 3.30. The van der Waals surface area contributed by atoms with Crippen LogP contribution in [0.3, 0.4) is 0 Å². The fraction of sp³-hybridized carbons (Fsp3) is 0.333. The summed E-state index contributed by atoms with van der Waals surface area (Å²) in [5.41, 5.74) is 1.98. The lowest BCUT2D eigenvalue weighted by molar-refractivity contribution is 0.243. The lowest BCUT2D eigenvalue weighted by Gasteiger charge is -2.19. The number of rotatable bonds is 9. The normalized spacial score (nSPS) is 10.9. The molecule has 0 N–H and O–H groups in total. The van der Waals surface area contributed by atoms with Crippen molar-refractivity contribution in [2.24, 2.45) is 0 Å². The molecule has 0 spiro atoms. The molecule has 2 aromatic carbocycles. The Morgan fingerprint density at radius 3 is 2.25 bits per heavy atom. The summed E-state index contributed by atoms with van der Waals surface area (Å²) in [4.78, 5) is 2.21. The van der Waals surface area contributed by atoms with Gasteiger partial charge in [-0.25, -0.2) is 0 Å². The Labute approximate surface area is 164 Å². The minimum Gasteiger partial charge on any atom is -0.497 e. The topological polar surface area (TPSA) is 69.9 Å². The van der Waals surface area contributed by atoms with Gasteiger partial charge in [0, 0.05) is 12.1 Å². The molecule has 7 heteroatoms. The van der Waals surface area contributed by atoms with E-state index in [1.165, 1.54) is 0 Å². The summed E-state index contributed by atoms with van der Waals surface area (Å²) in [6.07, 6.45) is 0. The zero-order chi connectivity index (χ0) is 19.9. The molecule has 1 heterocycles. The van der Waals surface area contributed by atoms with Crippen LogP contribution in [0.15, 0.2) is 46.9 Å². The van der Waals surface area contributed by atoms with Crippen molar-refractivity contribution in [2.75, 3.05) is 27.9 Å². The second kappa shape index (κ2) is 9.23. The van der Waals surface area contributed by atoms with Crippen LogP contribution in [0.2, 0.25) is 0 Å². The second-order valence-corrected chi connectivity index (χ2v) is 6.22. The summed E-state index contributed by atoms with van der Waals surface area (Å²) in [6.45, 7) is 4.24. The van der Waals surface area contributed by atoms with Crippen LogP contribution in [0, 0.1) is 0 Å². The molecule has 0 aliphatic carbocycles. The van der Waals surface area contributed by atoms with Crippen molar-refractivity contribution >= 4 is 0 Å². The van der Waals surface area contributed by atoms with E-state index in [1.807, 2.05) is 42.5 Å². The van der Waals surface area contributed by atoms with E-state index >= 15 is 0 Å². The van der Waals surface area contributed by atoms with Gasteiger partial charge in [-0.3, -0.25) is 4.90 Å². The number of hydrogen-bond donors (Lipinski definition) is 0. The summed E-state index contributed by atoms with van der Waals surface area (Å²) in [7, 11) is 4.90. The molecule has 3 rings (SSSR count). The monoisotopic (exact) mass is 383 g/mol. The zero-order valence-electron chi connectivity index (χ0n) is 16.6. The third kappa shape index (κ3) is 4.61. The average Bonchev–Trinajstić information content (AvgIpc) is 3.21. The van der Waals surface area contributed by atoms with E-state index in [2.05, 4.69) is 22.0 Å². The number of methoxy groups -OCH3 is 3. The largest absolute Gasteiger partial charge is 0.497 e. The molecule has 0 amide bonds. The quantitative estimate of drug-likeness (QED) is 0.557. The number of ether oxygens (including phenoxy) is 3. The minimum absolute atomic E-state index is 0.500. The van der Waals surface area contributed by atoms with Crippen molar-refractivity contribution in [3.63, 3.8) is 0 Å². The van der Waals surface area contributed by atoms with Gasteiger partial charge in [0.1, 0.15) is 5.75 Å². The Kier molecular flexibility index (Phi) is 6.49. The van der Waals surface area contributed by atoms with Crippen molar-refractivity contribution in [3.8, 4) is 28.7 Å². The first-order valence-corrected chi connectivity index (χ1v) is 9.06. The van der Waals surface area contributed by atoms with Crippen LogP contribution >= 0.6 is 0 Å². The molecular formula is C21H25N3O4. The molecule has 0 fully saturated rings. The molecule has 0 radical (unpaired) electrons. The van der Waals surface area contributed by atoms with Crippen molar-refractivity contribution in [1.29, 1.82) is 0 Å². The number of aromatic nitrogens is 2. The highest BCUT2D eigenvalue weighted by Crippen LogP contribution is 2.28. The first kappa shape index (κ1) is 19.7. The van der Waals surface area contributed by atoms with Crippen LogP contribution in [-0.2, 0) is 13.1 Å². The van der Waals surface area contributed by atoms with Gasteiger partial charge in [-0.15, -0.1) is 10.2 Å². The van der Waals surface area contributed by atoms with Gasteiger partial charge in [0.05, 0.1) is 27.9 Å². The van der Waals surface area contributed by atoms with Gasteiger partial charge in [-0.2, -0.15) is 0 Å². The Balaban J connectivity index is 1.68. The summed E-state index contributed by atoms with van der Waals surface area (Å²) < 4.78 is 21.7. The molecule has 0 unspecified atom stereocenters. The van der Waals surface area contributed by atoms with E-state index in [-0.39, 0.29) is 0 Å². The summed E-state index contributed by atoms with van der Waals surface area (Å²) in [6, 6.07) is 13.5. The first-order valence-electron chi connectivity index (χ1n) is 9.06. The van der Waals surface area contributed by atoms with E-state index in [0.29, 0.717) is 18.3 Å². The van der Waals surface area contributed by atoms with Crippen LogP contribution in [0.4, 0.5) is 0 Å². The molecule has 0 atom stereocenters. The molecule has 3 aromatic rings. The smallest absolute Gasteiger partial charge is 0.247 e. The van der Waals surface area contributed by atoms with Gasteiger partial charge in [0.25, 0.3) is 0 Å². The Morgan fingerprint density at radius 1 is 0.857 bits per heavy atom. The predicted molar refractivity (Wildman–Crippen MR) is 106 cm³/mol. The Bertz CT molecular complexity index is 893. The number of nitrogens with zero attached hydrogens (tertiary/aromatic N) is 3. The van der Waals surface area contributed by atoms with E-state index in [0.717, 1.165) is 41.5 Å². The van der Waals surface area contributed by atoms with Crippen LogP contribution in [-0.4, -0.2) is 43.0 Å². The molecule has 7 nitrogen and oxygen atoms in total. The van der Waals surface area contributed by atoms with Gasteiger partial charge < -0.3 is 18.6 Å². The SMILES string of the molecule is CCN(Cc1ccc(OC)c(OC)c1)Cc1nnc(-c2ccc(OC)cc2)o1. The highest BCUT2D eigenvalue weighted by atomic mass is 16.5. The lowest BCUT2D eigenvalue weighted by atomic mass is 10.2. The molecule has 148 valence electrons. The highest BCUT2D eigenvalue weighted by Gasteiger charge is 2.14. The first-order chi connectivity index (χ1) is 13.7. The standard InChI is InChI=1S/C21H25N3O4/c1-5-24(13-15-6-11-18(26-3)19(12-15)27-4)14-20-22-23-21(28-20)16-7-9-17(25-2)10-8-16/h6-12H,5,13-14H2,1-4H3. The third-order valence-corrected chi connectivity index (χ3v) is 4.46. The summed E-state index contributed by atoms with van der Waals surface area (Å²) >= 11 is 0. The molecule has 28 heavy (non-hydrogen) atoms. The zero-order valence-corrected chi connectivity index (χ0v) is 16.6. The van der Waals surface area contributed by atoms with E-state index in [1.54, 1.807) is 21.3 Å². The van der Waals surface area contributed by atoms with Crippen molar-refractivity contribution in [1.82, 2.24) is 15.1 Å². The maximum atomic E-state index is 5.85. The third-order valence-electron chi connectivity index (χ3n) is 4.46. The maximum Gasteiger partial charge on any atom is 0.247 e. The molecule has 0 bridgehead atoms. The van der Waals surface area contributed by atoms with Gasteiger partial charge >= 0.3 is 0 Å². The number of benzene rings is 2. The predicted octanol–water partition coefficient (Wildman–Crippen LogP) is 3.78. The molecule has 0 saturated heterocycles. The molecular weight excluding hydrogens is 358 g/mol. The molecule has 1 aromatic heterocycles. The summed E-state index contributed by atoms with van der Waals surface area (Å²) in [5, 5.41) is 8.36. The maximum absolute atomic E-state index is 5.85. The van der Waals surface area contributed by atoms with Gasteiger partial charge in [-0.1, -0.05) is 13.0 Å². The van der Waals surface area contributed by atoms with Gasteiger partial charge in [-0.05, 0) is 48.5 Å². The molecule has 0 aliphatic rings. The van der Waals surface area contributed by atoms with E-state index in [9.17, 15) is 0 Å². The minimum atomic E-state index is 0.500. The number of hydrogen-bond acceptors (Lipinski definition) is 7. The van der Waals surface area contributed by atoms with Gasteiger partial charge in [0.15, 0.2) is 11.5 Å². The van der Waals surface area contributed by atoms with Crippen molar-refractivity contribution < 1.29 is 18.6 Å². The van der Waals surface area contributed by atoms with Crippen molar-refractivity contribution in [2.45, 2.75) is 20.0 Å². The van der Waals surface area contributed by atoms with E-state index < -0.39 is 0 Å². The molecule has 0 aliphatic heterocycles.